The number of hydrogen-bond donors (Lipinski definition) is 0. The largest absolute Gasteiger partial charge is 0.266 e. The number of hydrogen-bond acceptors (Lipinski definition) is 1. The first-order valence-electron chi connectivity index (χ1n) is 2.81. The van der Waals surface area contributed by atoms with Gasteiger partial charge in [0.25, 0.3) is 6.43 Å². The fraction of sp³-hybridized carbons (Fsp3) is 0.167. The van der Waals surface area contributed by atoms with E-state index in [4.69, 9.17) is 11.6 Å². The van der Waals surface area contributed by atoms with Crippen molar-refractivity contribution in [2.45, 2.75) is 6.43 Å². The highest BCUT2D eigenvalue weighted by molar-refractivity contribution is 9.10. The van der Waals surface area contributed by atoms with Gasteiger partial charge in [-0.2, -0.15) is 4.39 Å². The van der Waals surface area contributed by atoms with E-state index in [1.54, 1.807) is 0 Å². The first-order chi connectivity index (χ1) is 5.54. The van der Waals surface area contributed by atoms with Gasteiger partial charge in [0, 0.05) is 10.7 Å². The molecule has 1 aromatic rings. The van der Waals surface area contributed by atoms with Gasteiger partial charge in [0.2, 0.25) is 5.95 Å². The molecule has 1 aromatic heterocycles. The molecule has 1 heterocycles. The minimum absolute atomic E-state index is 0.00361. The van der Waals surface area contributed by atoms with Crippen LogP contribution in [0.2, 0.25) is 5.02 Å². The maximum Gasteiger partial charge on any atom is 0.266 e. The summed E-state index contributed by atoms with van der Waals surface area (Å²) in [4.78, 5) is 3.14. The van der Waals surface area contributed by atoms with Gasteiger partial charge in [0.15, 0.2) is 0 Å². The summed E-state index contributed by atoms with van der Waals surface area (Å²) >= 11 is 8.03. The Morgan fingerprint density at radius 2 is 2.08 bits per heavy atom. The second-order valence-corrected chi connectivity index (χ2v) is 3.16. The predicted molar refractivity (Wildman–Crippen MR) is 41.9 cm³/mol. The Labute approximate surface area is 79.7 Å². The number of alkyl halides is 2. The van der Waals surface area contributed by atoms with Crippen LogP contribution in [0.25, 0.3) is 0 Å². The van der Waals surface area contributed by atoms with Crippen molar-refractivity contribution in [1.82, 2.24) is 4.98 Å². The van der Waals surface area contributed by atoms with Crippen LogP contribution in [-0.2, 0) is 0 Å². The van der Waals surface area contributed by atoms with E-state index in [1.165, 1.54) is 0 Å². The SMILES string of the molecule is Fc1ncc(Br)c(C(F)F)c1Cl. The van der Waals surface area contributed by atoms with E-state index in [0.717, 1.165) is 6.20 Å². The Kier molecular flexibility index (Phi) is 2.95. The maximum atomic E-state index is 12.5. The van der Waals surface area contributed by atoms with Crippen molar-refractivity contribution in [1.29, 1.82) is 0 Å². The van der Waals surface area contributed by atoms with Crippen LogP contribution in [0.15, 0.2) is 10.7 Å². The predicted octanol–water partition coefficient (Wildman–Crippen LogP) is 3.57. The van der Waals surface area contributed by atoms with Gasteiger partial charge in [-0.05, 0) is 15.9 Å². The monoisotopic (exact) mass is 259 g/mol. The molecule has 0 fully saturated rings. The molecular weight excluding hydrogens is 258 g/mol. The van der Waals surface area contributed by atoms with Gasteiger partial charge in [-0.15, -0.1) is 0 Å². The Bertz CT molecular complexity index is 305. The van der Waals surface area contributed by atoms with Crippen LogP contribution >= 0.6 is 27.5 Å². The standard InChI is InChI=1S/C6H2BrClF3N/c7-2-1-12-6(11)4(8)3(2)5(9)10/h1,5H. The summed E-state index contributed by atoms with van der Waals surface area (Å²) in [7, 11) is 0. The molecule has 1 rings (SSSR count). The molecule has 0 saturated carbocycles. The average Bonchev–Trinajstić information content (AvgIpc) is 1.97. The third kappa shape index (κ3) is 1.72. The third-order valence-corrected chi connectivity index (χ3v) is 2.18. The van der Waals surface area contributed by atoms with E-state index in [1.807, 2.05) is 0 Å². The third-order valence-electron chi connectivity index (χ3n) is 1.18. The molecule has 0 atom stereocenters. The van der Waals surface area contributed by atoms with Crippen molar-refractivity contribution >= 4 is 27.5 Å². The van der Waals surface area contributed by atoms with Crippen LogP contribution in [0, 0.1) is 5.95 Å². The van der Waals surface area contributed by atoms with Crippen molar-refractivity contribution in [3.05, 3.63) is 27.2 Å². The maximum absolute atomic E-state index is 12.5. The molecule has 0 unspecified atom stereocenters. The Morgan fingerprint density at radius 1 is 1.50 bits per heavy atom. The number of aromatic nitrogens is 1. The van der Waals surface area contributed by atoms with Crippen molar-refractivity contribution in [2.24, 2.45) is 0 Å². The summed E-state index contributed by atoms with van der Waals surface area (Å²) in [6, 6.07) is 0. The summed E-state index contributed by atoms with van der Waals surface area (Å²) in [6.45, 7) is 0. The van der Waals surface area contributed by atoms with Gasteiger partial charge < -0.3 is 0 Å². The molecule has 0 aliphatic heterocycles. The zero-order chi connectivity index (χ0) is 9.30. The van der Waals surface area contributed by atoms with E-state index in [-0.39, 0.29) is 4.47 Å². The lowest BCUT2D eigenvalue weighted by Crippen LogP contribution is -1.94. The molecule has 0 radical (unpaired) electrons. The number of rotatable bonds is 1. The number of nitrogens with zero attached hydrogens (tertiary/aromatic N) is 1. The van der Waals surface area contributed by atoms with E-state index in [9.17, 15) is 13.2 Å². The molecule has 0 amide bonds. The molecule has 0 aliphatic rings. The Morgan fingerprint density at radius 3 is 2.50 bits per heavy atom. The van der Waals surface area contributed by atoms with Crippen LogP contribution in [0.3, 0.4) is 0 Å². The number of pyridine rings is 1. The number of halogens is 5. The van der Waals surface area contributed by atoms with Gasteiger partial charge in [-0.25, -0.2) is 13.8 Å². The van der Waals surface area contributed by atoms with Gasteiger partial charge in [0.1, 0.15) is 5.02 Å². The summed E-state index contributed by atoms with van der Waals surface area (Å²) in [5.74, 6) is -1.09. The molecule has 6 heteroatoms. The van der Waals surface area contributed by atoms with Crippen LogP contribution in [-0.4, -0.2) is 4.98 Å². The van der Waals surface area contributed by atoms with Crippen molar-refractivity contribution in [3.63, 3.8) is 0 Å². The fourth-order valence-corrected chi connectivity index (χ4v) is 1.48. The normalized spacial score (nSPS) is 10.8. The summed E-state index contributed by atoms with van der Waals surface area (Å²) in [6.07, 6.45) is -1.87. The minimum Gasteiger partial charge on any atom is -0.226 e. The van der Waals surface area contributed by atoms with E-state index in [0.29, 0.717) is 0 Å². The van der Waals surface area contributed by atoms with Crippen molar-refractivity contribution < 1.29 is 13.2 Å². The van der Waals surface area contributed by atoms with Gasteiger partial charge in [-0.1, -0.05) is 11.6 Å². The first kappa shape index (κ1) is 9.80. The van der Waals surface area contributed by atoms with Gasteiger partial charge >= 0.3 is 0 Å². The first-order valence-corrected chi connectivity index (χ1v) is 3.98. The molecule has 0 aromatic carbocycles. The second kappa shape index (κ2) is 3.62. The highest BCUT2D eigenvalue weighted by Crippen LogP contribution is 2.33. The summed E-state index contributed by atoms with van der Waals surface area (Å²) in [5, 5.41) is -0.639. The lowest BCUT2D eigenvalue weighted by Gasteiger charge is -2.04. The molecule has 0 spiro atoms. The van der Waals surface area contributed by atoms with Crippen molar-refractivity contribution in [3.8, 4) is 0 Å². The van der Waals surface area contributed by atoms with E-state index >= 15 is 0 Å². The molecule has 1 nitrogen and oxygen atoms in total. The van der Waals surface area contributed by atoms with E-state index < -0.39 is 23.0 Å². The highest BCUT2D eigenvalue weighted by atomic mass is 79.9. The molecular formula is C6H2BrClF3N. The Balaban J connectivity index is 3.33. The second-order valence-electron chi connectivity index (χ2n) is 1.93. The smallest absolute Gasteiger partial charge is 0.226 e. The Hall–Kier alpha value is -0.290. The van der Waals surface area contributed by atoms with Gasteiger partial charge in [-0.3, -0.25) is 0 Å². The lowest BCUT2D eigenvalue weighted by molar-refractivity contribution is 0.150. The fourth-order valence-electron chi connectivity index (χ4n) is 0.656. The van der Waals surface area contributed by atoms with Crippen molar-refractivity contribution in [2.75, 3.05) is 0 Å². The zero-order valence-corrected chi connectivity index (χ0v) is 7.83. The molecule has 66 valence electrons. The molecule has 12 heavy (non-hydrogen) atoms. The molecule has 0 N–H and O–H groups in total. The van der Waals surface area contributed by atoms with Crippen LogP contribution < -0.4 is 0 Å². The quantitative estimate of drug-likeness (QED) is 0.703. The molecule has 0 aliphatic carbocycles. The highest BCUT2D eigenvalue weighted by Gasteiger charge is 2.19. The van der Waals surface area contributed by atoms with Gasteiger partial charge in [0.05, 0.1) is 5.56 Å². The van der Waals surface area contributed by atoms with E-state index in [2.05, 4.69) is 20.9 Å². The zero-order valence-electron chi connectivity index (χ0n) is 5.49. The minimum atomic E-state index is -2.82. The lowest BCUT2D eigenvalue weighted by atomic mass is 10.3. The molecule has 0 bridgehead atoms. The average molecular weight is 260 g/mol. The summed E-state index contributed by atoms with van der Waals surface area (Å²) < 4.78 is 36.8. The topological polar surface area (TPSA) is 12.9 Å². The van der Waals surface area contributed by atoms with Crippen LogP contribution in [0.5, 0.6) is 0 Å². The summed E-state index contributed by atoms with van der Waals surface area (Å²) in [5.41, 5.74) is -0.566. The van der Waals surface area contributed by atoms with Crippen LogP contribution in [0.1, 0.15) is 12.0 Å². The molecule has 0 saturated heterocycles. The van der Waals surface area contributed by atoms with Crippen LogP contribution in [0.4, 0.5) is 13.2 Å².